The molecule has 0 spiro atoms. The van der Waals surface area contributed by atoms with Gasteiger partial charge in [-0.3, -0.25) is 9.59 Å². The zero-order valence-electron chi connectivity index (χ0n) is 16.4. The molecule has 3 aromatic rings. The maximum absolute atomic E-state index is 12.8. The van der Waals surface area contributed by atoms with Crippen molar-refractivity contribution in [2.45, 2.75) is 25.8 Å². The van der Waals surface area contributed by atoms with Gasteiger partial charge >= 0.3 is 0 Å². The van der Waals surface area contributed by atoms with Crippen LogP contribution in [0.1, 0.15) is 19.3 Å². The Bertz CT molecular complexity index is 959. The van der Waals surface area contributed by atoms with Gasteiger partial charge < -0.3 is 19.9 Å². The molecule has 30 heavy (non-hydrogen) atoms. The van der Waals surface area contributed by atoms with Crippen molar-refractivity contribution in [1.29, 1.82) is 0 Å². The molecule has 0 saturated heterocycles. The SMILES string of the molecule is O=C(CCCOc1ccc(F)cc1)Nc1cccc(NC(=O)CCn2ccnc2)c1. The van der Waals surface area contributed by atoms with Crippen LogP contribution in [0, 0.1) is 5.82 Å². The Morgan fingerprint density at radius 1 is 1.00 bits per heavy atom. The largest absolute Gasteiger partial charge is 0.494 e. The van der Waals surface area contributed by atoms with Gasteiger partial charge in [-0.1, -0.05) is 6.07 Å². The van der Waals surface area contributed by atoms with E-state index < -0.39 is 0 Å². The van der Waals surface area contributed by atoms with Crippen LogP contribution in [0.2, 0.25) is 0 Å². The summed E-state index contributed by atoms with van der Waals surface area (Å²) in [4.78, 5) is 28.1. The standard InChI is InChI=1S/C22H23FN4O3/c23-17-6-8-20(9-7-17)30-14-2-5-21(28)25-18-3-1-4-19(15-18)26-22(29)10-12-27-13-11-24-16-27/h1,3-4,6-9,11,13,15-16H,2,5,10,12,14H2,(H,25,28)(H,26,29). The number of imidazole rings is 1. The zero-order valence-corrected chi connectivity index (χ0v) is 16.4. The highest BCUT2D eigenvalue weighted by molar-refractivity contribution is 5.94. The van der Waals surface area contributed by atoms with E-state index in [2.05, 4.69) is 15.6 Å². The molecule has 7 nitrogen and oxygen atoms in total. The monoisotopic (exact) mass is 410 g/mol. The number of benzene rings is 2. The Morgan fingerprint density at radius 2 is 1.70 bits per heavy atom. The molecule has 0 radical (unpaired) electrons. The van der Waals surface area contributed by atoms with Crippen LogP contribution in [-0.2, 0) is 16.1 Å². The molecule has 1 heterocycles. The fourth-order valence-corrected chi connectivity index (χ4v) is 2.72. The molecule has 0 aliphatic rings. The number of rotatable bonds is 10. The highest BCUT2D eigenvalue weighted by atomic mass is 19.1. The topological polar surface area (TPSA) is 85.3 Å². The van der Waals surface area contributed by atoms with E-state index in [0.717, 1.165) is 0 Å². The number of aromatic nitrogens is 2. The number of nitrogens with zero attached hydrogens (tertiary/aromatic N) is 2. The van der Waals surface area contributed by atoms with Gasteiger partial charge in [0.1, 0.15) is 11.6 Å². The molecule has 0 bridgehead atoms. The third kappa shape index (κ3) is 7.05. The Balaban J connectivity index is 1.38. The first-order valence-corrected chi connectivity index (χ1v) is 9.62. The van der Waals surface area contributed by atoms with E-state index in [1.54, 1.807) is 55.1 Å². The smallest absolute Gasteiger partial charge is 0.226 e. The number of amides is 2. The molecule has 2 N–H and O–H groups in total. The van der Waals surface area contributed by atoms with Crippen molar-refractivity contribution in [3.8, 4) is 5.75 Å². The van der Waals surface area contributed by atoms with Crippen LogP contribution in [0.15, 0.2) is 67.3 Å². The van der Waals surface area contributed by atoms with E-state index in [9.17, 15) is 14.0 Å². The lowest BCUT2D eigenvalue weighted by Gasteiger charge is -2.10. The van der Waals surface area contributed by atoms with Gasteiger partial charge in [0, 0.05) is 43.2 Å². The summed E-state index contributed by atoms with van der Waals surface area (Å²) >= 11 is 0. The third-order valence-corrected chi connectivity index (χ3v) is 4.22. The van der Waals surface area contributed by atoms with Crippen molar-refractivity contribution in [1.82, 2.24) is 9.55 Å². The molecule has 2 aromatic carbocycles. The Kier molecular flexibility index (Phi) is 7.54. The van der Waals surface area contributed by atoms with E-state index in [0.29, 0.717) is 43.1 Å². The average molecular weight is 410 g/mol. The second-order valence-electron chi connectivity index (χ2n) is 6.63. The maximum Gasteiger partial charge on any atom is 0.226 e. The summed E-state index contributed by atoms with van der Waals surface area (Å²) in [6.07, 6.45) is 6.25. The molecule has 0 saturated carbocycles. The molecule has 8 heteroatoms. The number of nitrogens with one attached hydrogen (secondary N) is 2. The van der Waals surface area contributed by atoms with Gasteiger partial charge in [0.2, 0.25) is 11.8 Å². The van der Waals surface area contributed by atoms with Crippen LogP contribution in [0.3, 0.4) is 0 Å². The molecule has 156 valence electrons. The van der Waals surface area contributed by atoms with E-state index in [4.69, 9.17) is 4.74 Å². The lowest BCUT2D eigenvalue weighted by molar-refractivity contribution is -0.117. The lowest BCUT2D eigenvalue weighted by Crippen LogP contribution is -2.15. The molecule has 0 aliphatic heterocycles. The number of hydrogen-bond donors (Lipinski definition) is 2. The summed E-state index contributed by atoms with van der Waals surface area (Å²) in [6, 6.07) is 12.7. The van der Waals surface area contributed by atoms with Crippen molar-refractivity contribution < 1.29 is 18.7 Å². The van der Waals surface area contributed by atoms with Gasteiger partial charge in [0.25, 0.3) is 0 Å². The normalized spacial score (nSPS) is 10.4. The van der Waals surface area contributed by atoms with Gasteiger partial charge in [-0.2, -0.15) is 0 Å². The molecule has 0 aliphatic carbocycles. The summed E-state index contributed by atoms with van der Waals surface area (Å²) in [5.41, 5.74) is 1.22. The predicted molar refractivity (Wildman–Crippen MR) is 112 cm³/mol. The number of ether oxygens (including phenoxy) is 1. The van der Waals surface area contributed by atoms with Crippen LogP contribution in [0.25, 0.3) is 0 Å². The summed E-state index contributed by atoms with van der Waals surface area (Å²) in [7, 11) is 0. The molecule has 0 atom stereocenters. The number of hydrogen-bond acceptors (Lipinski definition) is 4. The van der Waals surface area contributed by atoms with Gasteiger partial charge in [0.15, 0.2) is 0 Å². The number of aryl methyl sites for hydroxylation is 1. The number of carbonyl (C=O) groups is 2. The second-order valence-corrected chi connectivity index (χ2v) is 6.63. The second kappa shape index (κ2) is 10.8. The minimum absolute atomic E-state index is 0.120. The first-order valence-electron chi connectivity index (χ1n) is 9.62. The van der Waals surface area contributed by atoms with Gasteiger partial charge in [-0.25, -0.2) is 9.37 Å². The molecule has 2 amide bonds. The van der Waals surface area contributed by atoms with E-state index in [1.165, 1.54) is 12.1 Å². The maximum atomic E-state index is 12.8. The van der Waals surface area contributed by atoms with Crippen molar-refractivity contribution >= 4 is 23.2 Å². The molecule has 3 rings (SSSR count). The number of anilines is 2. The summed E-state index contributed by atoms with van der Waals surface area (Å²) in [6.45, 7) is 0.897. The minimum atomic E-state index is -0.321. The summed E-state index contributed by atoms with van der Waals surface area (Å²) in [5.74, 6) is -0.0296. The van der Waals surface area contributed by atoms with Crippen LogP contribution in [-0.4, -0.2) is 28.0 Å². The van der Waals surface area contributed by atoms with Crippen molar-refractivity contribution in [3.05, 3.63) is 73.1 Å². The summed E-state index contributed by atoms with van der Waals surface area (Å²) < 4.78 is 20.2. The first-order chi connectivity index (χ1) is 14.6. The zero-order chi connectivity index (χ0) is 21.2. The van der Waals surface area contributed by atoms with E-state index in [-0.39, 0.29) is 24.1 Å². The highest BCUT2D eigenvalue weighted by Gasteiger charge is 2.06. The van der Waals surface area contributed by atoms with E-state index in [1.807, 2.05) is 4.57 Å². The van der Waals surface area contributed by atoms with Crippen molar-refractivity contribution in [2.75, 3.05) is 17.2 Å². The van der Waals surface area contributed by atoms with Crippen molar-refractivity contribution in [2.24, 2.45) is 0 Å². The minimum Gasteiger partial charge on any atom is -0.494 e. The van der Waals surface area contributed by atoms with Gasteiger partial charge in [0.05, 0.1) is 12.9 Å². The van der Waals surface area contributed by atoms with Gasteiger partial charge in [-0.15, -0.1) is 0 Å². The van der Waals surface area contributed by atoms with Crippen LogP contribution < -0.4 is 15.4 Å². The Morgan fingerprint density at radius 3 is 2.37 bits per heavy atom. The molecular weight excluding hydrogens is 387 g/mol. The summed E-state index contributed by atoms with van der Waals surface area (Å²) in [5, 5.41) is 5.63. The predicted octanol–water partition coefficient (Wildman–Crippen LogP) is 3.85. The Hall–Kier alpha value is -3.68. The average Bonchev–Trinajstić information content (AvgIpc) is 3.25. The Labute approximate surface area is 173 Å². The van der Waals surface area contributed by atoms with Crippen LogP contribution in [0.5, 0.6) is 5.75 Å². The van der Waals surface area contributed by atoms with Crippen molar-refractivity contribution in [3.63, 3.8) is 0 Å². The lowest BCUT2D eigenvalue weighted by atomic mass is 10.2. The fraction of sp³-hybridized carbons (Fsp3) is 0.227. The molecular formula is C22H23FN4O3. The quantitative estimate of drug-likeness (QED) is 0.497. The van der Waals surface area contributed by atoms with Crippen LogP contribution in [0.4, 0.5) is 15.8 Å². The molecule has 1 aromatic heterocycles. The molecule has 0 fully saturated rings. The fourth-order valence-electron chi connectivity index (χ4n) is 2.72. The highest BCUT2D eigenvalue weighted by Crippen LogP contribution is 2.16. The molecule has 0 unspecified atom stereocenters. The first kappa shape index (κ1) is 21.0. The van der Waals surface area contributed by atoms with Crippen LogP contribution >= 0.6 is 0 Å². The number of carbonyl (C=O) groups excluding carboxylic acids is 2. The third-order valence-electron chi connectivity index (χ3n) is 4.22. The number of halogens is 1. The van der Waals surface area contributed by atoms with Gasteiger partial charge in [-0.05, 0) is 48.9 Å². The van der Waals surface area contributed by atoms with E-state index >= 15 is 0 Å².